The number of thiocarbonyl (C=S) groups is 1. The van der Waals surface area contributed by atoms with Gasteiger partial charge in [0.25, 0.3) is 5.91 Å². The van der Waals surface area contributed by atoms with Crippen LogP contribution in [0.2, 0.25) is 10.0 Å². The lowest BCUT2D eigenvalue weighted by Crippen LogP contribution is -2.40. The fraction of sp³-hybridized carbons (Fsp3) is 0.400. The monoisotopic (exact) mass is 666 g/mol. The molecular formula is C35H40Cl2N4O3S. The van der Waals surface area contributed by atoms with E-state index >= 15 is 0 Å². The quantitative estimate of drug-likeness (QED) is 0.191. The molecule has 2 aliphatic heterocycles. The Bertz CT molecular complexity index is 1470. The molecule has 0 saturated carbocycles. The molecule has 0 aliphatic carbocycles. The number of benzene rings is 3. The number of likely N-dealkylation sites (tertiary alicyclic amines) is 1. The van der Waals surface area contributed by atoms with Crippen LogP contribution in [-0.4, -0.2) is 65.6 Å². The van der Waals surface area contributed by atoms with Crippen LogP contribution < -0.4 is 15.0 Å². The Morgan fingerprint density at radius 2 is 1.71 bits per heavy atom. The van der Waals surface area contributed by atoms with Gasteiger partial charge in [-0.2, -0.15) is 0 Å². The van der Waals surface area contributed by atoms with Gasteiger partial charge in [-0.1, -0.05) is 60.5 Å². The molecule has 7 nitrogen and oxygen atoms in total. The van der Waals surface area contributed by atoms with Crippen LogP contribution in [0.1, 0.15) is 44.6 Å². The van der Waals surface area contributed by atoms with Gasteiger partial charge in [0.1, 0.15) is 11.8 Å². The largest absolute Gasteiger partial charge is 0.494 e. The number of piperidine rings is 1. The van der Waals surface area contributed by atoms with Crippen molar-refractivity contribution in [2.45, 2.75) is 51.5 Å². The van der Waals surface area contributed by atoms with Crippen molar-refractivity contribution >= 4 is 63.7 Å². The molecule has 1 atom stereocenters. The predicted molar refractivity (Wildman–Crippen MR) is 186 cm³/mol. The molecule has 45 heavy (non-hydrogen) atoms. The minimum absolute atomic E-state index is 0.0320. The molecule has 3 aromatic carbocycles. The first-order chi connectivity index (χ1) is 21.8. The number of carbonyl (C=O) groups is 2. The second-order valence-corrected chi connectivity index (χ2v) is 12.9. The fourth-order valence-corrected chi connectivity index (χ4v) is 6.72. The van der Waals surface area contributed by atoms with Gasteiger partial charge < -0.3 is 19.9 Å². The van der Waals surface area contributed by atoms with Gasteiger partial charge >= 0.3 is 0 Å². The van der Waals surface area contributed by atoms with Crippen molar-refractivity contribution in [2.75, 3.05) is 43.0 Å². The number of anilines is 2. The number of ether oxygens (including phenoxy) is 1. The molecule has 10 heteroatoms. The minimum Gasteiger partial charge on any atom is -0.494 e. The maximum absolute atomic E-state index is 13.8. The first kappa shape index (κ1) is 33.2. The molecule has 2 saturated heterocycles. The fourth-order valence-electron chi connectivity index (χ4n) is 6.02. The highest BCUT2D eigenvalue weighted by Gasteiger charge is 2.44. The summed E-state index contributed by atoms with van der Waals surface area (Å²) in [5.41, 5.74) is 2.58. The second-order valence-electron chi connectivity index (χ2n) is 11.7. The van der Waals surface area contributed by atoms with Crippen LogP contribution in [0.5, 0.6) is 5.75 Å². The molecule has 0 spiro atoms. The van der Waals surface area contributed by atoms with Crippen molar-refractivity contribution in [2.24, 2.45) is 5.92 Å². The van der Waals surface area contributed by atoms with Gasteiger partial charge in [-0.3, -0.25) is 14.5 Å². The Balaban J connectivity index is 1.21. The van der Waals surface area contributed by atoms with Crippen LogP contribution in [0.15, 0.2) is 72.8 Å². The highest BCUT2D eigenvalue weighted by molar-refractivity contribution is 7.80. The summed E-state index contributed by atoms with van der Waals surface area (Å²) >= 11 is 18.3. The standard InChI is InChI=1S/C35H40Cl2N4O3S/c1-2-21-44-29-12-9-27(10-13-29)38-33(42)24-32-34(43)41(28-11-14-30(36)31(37)23-28)35(45)40(32)18-6-17-39-19-15-26(16-20-39)22-25-7-4-3-5-8-25/h3-5,7-14,23,26,32H,2,6,15-22,24H2,1H3,(H,38,42)/t32-/m1/s1. The number of nitrogens with one attached hydrogen (secondary N) is 1. The van der Waals surface area contributed by atoms with Gasteiger partial charge in [0.05, 0.1) is 28.8 Å². The average molecular weight is 668 g/mol. The summed E-state index contributed by atoms with van der Waals surface area (Å²) in [5, 5.41) is 4.02. The third-order valence-electron chi connectivity index (χ3n) is 8.42. The van der Waals surface area contributed by atoms with E-state index in [2.05, 4.69) is 40.5 Å². The highest BCUT2D eigenvalue weighted by atomic mass is 35.5. The Hall–Kier alpha value is -3.17. The van der Waals surface area contributed by atoms with E-state index in [1.165, 1.54) is 23.3 Å². The number of hydrogen-bond donors (Lipinski definition) is 1. The SMILES string of the molecule is CCCOc1ccc(NC(=O)C[C@@H]2C(=O)N(c3ccc(Cl)c(Cl)c3)C(=S)N2CCCN2CCC(Cc3ccccc3)CC2)cc1. The van der Waals surface area contributed by atoms with E-state index in [-0.39, 0.29) is 18.2 Å². The minimum atomic E-state index is -0.726. The highest BCUT2D eigenvalue weighted by Crippen LogP contribution is 2.32. The molecule has 1 N–H and O–H groups in total. The maximum Gasteiger partial charge on any atom is 0.256 e. The van der Waals surface area contributed by atoms with Gasteiger partial charge in [0, 0.05) is 12.2 Å². The summed E-state index contributed by atoms with van der Waals surface area (Å²) in [5.74, 6) is 0.934. The summed E-state index contributed by atoms with van der Waals surface area (Å²) in [6.07, 6.45) is 5.19. The van der Waals surface area contributed by atoms with E-state index in [1.807, 2.05) is 24.0 Å². The molecule has 2 aliphatic rings. The van der Waals surface area contributed by atoms with Crippen LogP contribution in [-0.2, 0) is 16.0 Å². The van der Waals surface area contributed by atoms with Crippen LogP contribution in [0, 0.1) is 5.92 Å². The van der Waals surface area contributed by atoms with Crippen molar-refractivity contribution in [1.82, 2.24) is 9.80 Å². The van der Waals surface area contributed by atoms with Gasteiger partial charge in [0.15, 0.2) is 5.11 Å². The first-order valence-corrected chi connectivity index (χ1v) is 16.9. The van der Waals surface area contributed by atoms with Crippen molar-refractivity contribution in [3.8, 4) is 5.75 Å². The van der Waals surface area contributed by atoms with E-state index in [9.17, 15) is 9.59 Å². The zero-order valence-electron chi connectivity index (χ0n) is 25.6. The zero-order valence-corrected chi connectivity index (χ0v) is 27.9. The lowest BCUT2D eigenvalue weighted by atomic mass is 9.90. The Labute approximate surface area is 281 Å². The smallest absolute Gasteiger partial charge is 0.256 e. The molecule has 0 unspecified atom stereocenters. The summed E-state index contributed by atoms with van der Waals surface area (Å²) in [7, 11) is 0. The normalized spacial score (nSPS) is 17.6. The van der Waals surface area contributed by atoms with Crippen LogP contribution in [0.25, 0.3) is 0 Å². The summed E-state index contributed by atoms with van der Waals surface area (Å²) in [4.78, 5) is 32.9. The first-order valence-electron chi connectivity index (χ1n) is 15.7. The number of nitrogens with zero attached hydrogens (tertiary/aromatic N) is 3. The van der Waals surface area contributed by atoms with Gasteiger partial charge in [0.2, 0.25) is 5.91 Å². The molecule has 0 bridgehead atoms. The van der Waals surface area contributed by atoms with E-state index in [1.54, 1.807) is 30.3 Å². The van der Waals surface area contributed by atoms with Crippen LogP contribution in [0.4, 0.5) is 11.4 Å². The second kappa shape index (κ2) is 15.9. The molecule has 2 fully saturated rings. The van der Waals surface area contributed by atoms with E-state index in [0.29, 0.717) is 45.6 Å². The maximum atomic E-state index is 13.8. The van der Waals surface area contributed by atoms with Crippen LogP contribution >= 0.6 is 35.4 Å². The van der Waals surface area contributed by atoms with Crippen molar-refractivity contribution in [3.63, 3.8) is 0 Å². The van der Waals surface area contributed by atoms with E-state index < -0.39 is 6.04 Å². The lowest BCUT2D eigenvalue weighted by Gasteiger charge is -2.33. The summed E-state index contributed by atoms with van der Waals surface area (Å²) < 4.78 is 5.64. The van der Waals surface area contributed by atoms with Gasteiger partial charge in [-0.15, -0.1) is 0 Å². The Morgan fingerprint density at radius 1 is 0.978 bits per heavy atom. The third kappa shape index (κ3) is 8.76. The van der Waals surface area contributed by atoms with E-state index in [4.69, 9.17) is 40.2 Å². The number of rotatable bonds is 13. The number of halogens is 2. The zero-order chi connectivity index (χ0) is 31.8. The lowest BCUT2D eigenvalue weighted by molar-refractivity contribution is -0.124. The molecule has 0 aromatic heterocycles. The number of amides is 2. The molecule has 5 rings (SSSR count). The average Bonchev–Trinajstić information content (AvgIpc) is 3.27. The molecule has 2 amide bonds. The van der Waals surface area contributed by atoms with E-state index in [0.717, 1.165) is 44.6 Å². The van der Waals surface area contributed by atoms with Crippen LogP contribution in [0.3, 0.4) is 0 Å². The molecule has 0 radical (unpaired) electrons. The van der Waals surface area contributed by atoms with Crippen molar-refractivity contribution < 1.29 is 14.3 Å². The predicted octanol–water partition coefficient (Wildman–Crippen LogP) is 7.46. The van der Waals surface area contributed by atoms with Gasteiger partial charge in [-0.25, -0.2) is 0 Å². The Morgan fingerprint density at radius 3 is 2.40 bits per heavy atom. The topological polar surface area (TPSA) is 65.1 Å². The molecule has 3 aromatic rings. The van der Waals surface area contributed by atoms with Gasteiger partial charge in [-0.05, 0) is 118 Å². The number of carbonyl (C=O) groups excluding carboxylic acids is 2. The molecule has 238 valence electrons. The van der Waals surface area contributed by atoms with Crippen molar-refractivity contribution in [1.29, 1.82) is 0 Å². The summed E-state index contributed by atoms with van der Waals surface area (Å²) in [6.45, 7) is 6.27. The molecular weight excluding hydrogens is 627 g/mol. The Kier molecular flexibility index (Phi) is 11.7. The number of hydrogen-bond acceptors (Lipinski definition) is 5. The third-order valence-corrected chi connectivity index (χ3v) is 9.57. The summed E-state index contributed by atoms with van der Waals surface area (Å²) in [6, 6.07) is 22.2. The molecule has 2 heterocycles. The van der Waals surface area contributed by atoms with Crippen molar-refractivity contribution in [3.05, 3.63) is 88.4 Å².